The molecule has 5 nitrogen and oxygen atoms in total. The van der Waals surface area contributed by atoms with Gasteiger partial charge >= 0.3 is 6.09 Å². The van der Waals surface area contributed by atoms with Crippen LogP contribution in [0.25, 0.3) is 0 Å². The minimum absolute atomic E-state index is 0.101. The number of benzene rings is 1. The summed E-state index contributed by atoms with van der Waals surface area (Å²) in [6, 6.07) is 2.51. The molecular formula is C22H32F2N2O3. The second kappa shape index (κ2) is 9.74. The first-order chi connectivity index (χ1) is 13.8. The highest BCUT2D eigenvalue weighted by Gasteiger charge is 2.32. The average molecular weight is 411 g/mol. The number of hydrogen-bond donors (Lipinski definition) is 1. The van der Waals surface area contributed by atoms with E-state index < -0.39 is 17.7 Å². The molecule has 3 aliphatic rings. The molecule has 0 aromatic heterocycles. The van der Waals surface area contributed by atoms with E-state index in [4.69, 9.17) is 9.84 Å². The zero-order chi connectivity index (χ0) is 21.0. The molecular weight excluding hydrogens is 378 g/mol. The lowest BCUT2D eigenvalue weighted by Crippen LogP contribution is -2.41. The van der Waals surface area contributed by atoms with Gasteiger partial charge in [0.05, 0.1) is 6.10 Å². The van der Waals surface area contributed by atoms with Crippen LogP contribution in [0.3, 0.4) is 0 Å². The van der Waals surface area contributed by atoms with Crippen molar-refractivity contribution >= 4 is 6.09 Å². The number of carboxylic acid groups (broad SMARTS) is 1. The standard InChI is InChI=1S/C18H24F2N2O3.C4H8/c1-21(18(23)24)10-12-6-13(7-12)25-14-8-16(19)15(17(20)9-14)11-22-4-2-3-5-22;1-4-2-3-4/h8-9,12-13H,2-7,10-11H2,1H3,(H,23,24);4H,2-3H2,1H3. The number of halogens is 2. The summed E-state index contributed by atoms with van der Waals surface area (Å²) in [4.78, 5) is 14.1. The van der Waals surface area contributed by atoms with E-state index in [1.807, 2.05) is 0 Å². The highest BCUT2D eigenvalue weighted by Crippen LogP contribution is 2.33. The third-order valence-corrected chi connectivity index (χ3v) is 5.91. The van der Waals surface area contributed by atoms with Gasteiger partial charge in [-0.15, -0.1) is 0 Å². The van der Waals surface area contributed by atoms with Crippen LogP contribution in [0.2, 0.25) is 0 Å². The molecule has 0 radical (unpaired) electrons. The molecule has 162 valence electrons. The maximum absolute atomic E-state index is 14.3. The van der Waals surface area contributed by atoms with Gasteiger partial charge in [-0.05, 0) is 50.6 Å². The van der Waals surface area contributed by atoms with Gasteiger partial charge in [-0.2, -0.15) is 0 Å². The summed E-state index contributed by atoms with van der Waals surface area (Å²) in [5.41, 5.74) is 0.101. The number of carbonyl (C=O) groups is 1. The molecule has 29 heavy (non-hydrogen) atoms. The van der Waals surface area contributed by atoms with Crippen LogP contribution in [0.15, 0.2) is 12.1 Å². The Morgan fingerprint density at radius 3 is 2.24 bits per heavy atom. The Kier molecular flexibility index (Phi) is 7.33. The van der Waals surface area contributed by atoms with Crippen LogP contribution in [0.1, 0.15) is 51.0 Å². The van der Waals surface area contributed by atoms with Crippen LogP contribution in [0, 0.1) is 23.5 Å². The maximum atomic E-state index is 14.3. The fourth-order valence-electron chi connectivity index (χ4n) is 3.71. The Hall–Kier alpha value is -1.89. The molecule has 1 saturated heterocycles. The Morgan fingerprint density at radius 1 is 1.21 bits per heavy atom. The van der Waals surface area contributed by atoms with Crippen molar-refractivity contribution in [3.63, 3.8) is 0 Å². The lowest BCUT2D eigenvalue weighted by Gasteiger charge is -2.37. The lowest BCUT2D eigenvalue weighted by molar-refractivity contribution is 0.0470. The zero-order valence-corrected chi connectivity index (χ0v) is 17.4. The van der Waals surface area contributed by atoms with Gasteiger partial charge in [0.25, 0.3) is 0 Å². The topological polar surface area (TPSA) is 53.0 Å². The number of likely N-dealkylation sites (tertiary alicyclic amines) is 1. The maximum Gasteiger partial charge on any atom is 0.407 e. The predicted molar refractivity (Wildman–Crippen MR) is 107 cm³/mol. The number of amides is 1. The Bertz CT molecular complexity index is 676. The smallest absolute Gasteiger partial charge is 0.407 e. The second-order valence-electron chi connectivity index (χ2n) is 8.77. The van der Waals surface area contributed by atoms with E-state index in [1.165, 1.54) is 36.9 Å². The van der Waals surface area contributed by atoms with Crippen molar-refractivity contribution in [2.24, 2.45) is 11.8 Å². The van der Waals surface area contributed by atoms with Crippen molar-refractivity contribution < 1.29 is 23.4 Å². The Labute approximate surface area is 171 Å². The summed E-state index contributed by atoms with van der Waals surface area (Å²) in [7, 11) is 1.53. The van der Waals surface area contributed by atoms with Gasteiger partial charge in [-0.1, -0.05) is 19.8 Å². The van der Waals surface area contributed by atoms with Gasteiger partial charge in [0.2, 0.25) is 0 Å². The third-order valence-electron chi connectivity index (χ3n) is 5.91. The normalized spacial score (nSPS) is 23.7. The van der Waals surface area contributed by atoms with Gasteiger partial charge in [0.1, 0.15) is 17.4 Å². The van der Waals surface area contributed by atoms with Crippen LogP contribution in [0.5, 0.6) is 5.75 Å². The molecule has 4 rings (SSSR count). The Balaban J connectivity index is 0.000000536. The van der Waals surface area contributed by atoms with Crippen LogP contribution in [-0.2, 0) is 6.54 Å². The minimum atomic E-state index is -0.956. The van der Waals surface area contributed by atoms with Gasteiger partial charge in [-0.25, -0.2) is 13.6 Å². The van der Waals surface area contributed by atoms with Crippen LogP contribution in [0.4, 0.5) is 13.6 Å². The van der Waals surface area contributed by atoms with Gasteiger partial charge in [0.15, 0.2) is 0 Å². The summed E-state index contributed by atoms with van der Waals surface area (Å²) in [6.07, 6.45) is 5.43. The molecule has 1 aromatic rings. The van der Waals surface area contributed by atoms with Crippen LogP contribution < -0.4 is 4.74 Å². The third kappa shape index (κ3) is 6.56. The first kappa shape index (κ1) is 21.8. The van der Waals surface area contributed by atoms with E-state index >= 15 is 0 Å². The summed E-state index contributed by atoms with van der Waals surface area (Å²) >= 11 is 0. The molecule has 2 aliphatic carbocycles. The van der Waals surface area contributed by atoms with Crippen molar-refractivity contribution in [1.29, 1.82) is 0 Å². The summed E-state index contributed by atoms with van der Waals surface area (Å²) in [5, 5.41) is 8.85. The summed E-state index contributed by atoms with van der Waals surface area (Å²) < 4.78 is 34.2. The number of rotatable bonds is 6. The van der Waals surface area contributed by atoms with E-state index in [2.05, 4.69) is 11.8 Å². The van der Waals surface area contributed by atoms with Crippen molar-refractivity contribution in [2.45, 2.75) is 58.1 Å². The predicted octanol–water partition coefficient (Wildman–Crippen LogP) is 4.74. The first-order valence-corrected chi connectivity index (χ1v) is 10.6. The van der Waals surface area contributed by atoms with E-state index in [0.717, 1.165) is 31.8 Å². The number of nitrogens with zero attached hydrogens (tertiary/aromatic N) is 2. The van der Waals surface area contributed by atoms with Crippen molar-refractivity contribution in [3.05, 3.63) is 29.3 Å². The number of hydrogen-bond acceptors (Lipinski definition) is 3. The molecule has 7 heteroatoms. The average Bonchev–Trinajstić information content (AvgIpc) is 3.23. The molecule has 0 unspecified atom stereocenters. The van der Waals surface area contributed by atoms with E-state index in [9.17, 15) is 13.6 Å². The fraction of sp³-hybridized carbons (Fsp3) is 0.682. The summed E-state index contributed by atoms with van der Waals surface area (Å²) in [6.45, 7) is 4.79. The molecule has 0 bridgehead atoms. The van der Waals surface area contributed by atoms with Crippen LogP contribution in [-0.4, -0.2) is 53.8 Å². The molecule has 1 N–H and O–H groups in total. The largest absolute Gasteiger partial charge is 0.490 e. The molecule has 1 aliphatic heterocycles. The van der Waals surface area contributed by atoms with Crippen LogP contribution >= 0.6 is 0 Å². The van der Waals surface area contributed by atoms with E-state index in [-0.39, 0.29) is 23.3 Å². The SMILES string of the molecule is CC1CC1.CN(CC1CC(Oc2cc(F)c(CN3CCCC3)c(F)c2)C1)C(=O)O. The molecule has 1 heterocycles. The highest BCUT2D eigenvalue weighted by molar-refractivity contribution is 5.64. The van der Waals surface area contributed by atoms with Gasteiger partial charge in [-0.3, -0.25) is 4.90 Å². The number of ether oxygens (including phenoxy) is 1. The first-order valence-electron chi connectivity index (χ1n) is 10.6. The molecule has 0 spiro atoms. The molecule has 2 saturated carbocycles. The zero-order valence-electron chi connectivity index (χ0n) is 17.4. The molecule has 0 atom stereocenters. The lowest BCUT2D eigenvalue weighted by atomic mass is 9.82. The summed E-state index contributed by atoms with van der Waals surface area (Å²) in [5.74, 6) is 0.386. The van der Waals surface area contributed by atoms with Gasteiger partial charge in [0, 0.05) is 37.8 Å². The monoisotopic (exact) mass is 410 g/mol. The Morgan fingerprint density at radius 2 is 1.76 bits per heavy atom. The van der Waals surface area contributed by atoms with Gasteiger partial charge < -0.3 is 14.7 Å². The highest BCUT2D eigenvalue weighted by atomic mass is 19.1. The van der Waals surface area contributed by atoms with E-state index in [0.29, 0.717) is 25.9 Å². The molecule has 1 aromatic carbocycles. The van der Waals surface area contributed by atoms with Crippen molar-refractivity contribution in [2.75, 3.05) is 26.7 Å². The molecule has 3 fully saturated rings. The van der Waals surface area contributed by atoms with Crippen molar-refractivity contribution in [3.8, 4) is 5.75 Å². The fourth-order valence-corrected chi connectivity index (χ4v) is 3.71. The van der Waals surface area contributed by atoms with E-state index in [1.54, 1.807) is 0 Å². The molecule has 1 amide bonds. The quantitative estimate of drug-likeness (QED) is 0.736. The van der Waals surface area contributed by atoms with Crippen molar-refractivity contribution in [1.82, 2.24) is 9.80 Å². The minimum Gasteiger partial charge on any atom is -0.490 e. The second-order valence-corrected chi connectivity index (χ2v) is 8.77.